The Kier molecular flexibility index (Phi) is 6.78. The van der Waals surface area contributed by atoms with E-state index in [1.807, 2.05) is 26.0 Å². The van der Waals surface area contributed by atoms with Crippen LogP contribution in [0.25, 0.3) is 0 Å². The highest BCUT2D eigenvalue weighted by Gasteiger charge is 2.21. The van der Waals surface area contributed by atoms with Crippen molar-refractivity contribution in [1.82, 2.24) is 5.32 Å². The van der Waals surface area contributed by atoms with Gasteiger partial charge in [0.25, 0.3) is 0 Å². The maximum Gasteiger partial charge on any atom is 0.221 e. The molecule has 0 radical (unpaired) electrons. The molecule has 1 unspecified atom stereocenters. The van der Waals surface area contributed by atoms with Gasteiger partial charge in [0.15, 0.2) is 0 Å². The van der Waals surface area contributed by atoms with Crippen molar-refractivity contribution >= 4 is 18.3 Å². The smallest absolute Gasteiger partial charge is 0.221 e. The van der Waals surface area contributed by atoms with Crippen molar-refractivity contribution in [2.24, 2.45) is 5.73 Å². The van der Waals surface area contributed by atoms with Crippen LogP contribution < -0.4 is 20.5 Å². The van der Waals surface area contributed by atoms with E-state index < -0.39 is 0 Å². The molecule has 1 aliphatic heterocycles. The molecule has 0 bridgehead atoms. The molecule has 21 heavy (non-hydrogen) atoms. The molecule has 1 aromatic carbocycles. The van der Waals surface area contributed by atoms with Gasteiger partial charge >= 0.3 is 0 Å². The van der Waals surface area contributed by atoms with E-state index in [0.717, 1.165) is 29.0 Å². The second kappa shape index (κ2) is 8.10. The summed E-state index contributed by atoms with van der Waals surface area (Å²) in [6.45, 7) is 5.37. The summed E-state index contributed by atoms with van der Waals surface area (Å²) in [5.41, 5.74) is 7.46. The minimum Gasteiger partial charge on any atom is -0.494 e. The van der Waals surface area contributed by atoms with Crippen molar-refractivity contribution in [3.8, 4) is 11.5 Å². The number of carbonyl (C=O) groups excluding carboxylic acids is 1. The van der Waals surface area contributed by atoms with E-state index in [1.54, 1.807) is 0 Å². The van der Waals surface area contributed by atoms with Crippen molar-refractivity contribution < 1.29 is 14.3 Å². The number of hydrogen-bond donors (Lipinski definition) is 2. The lowest BCUT2D eigenvalue weighted by Gasteiger charge is -2.13. The number of amides is 1. The summed E-state index contributed by atoms with van der Waals surface area (Å²) in [6, 6.07) is 3.99. The summed E-state index contributed by atoms with van der Waals surface area (Å²) < 4.78 is 11.4. The molecule has 6 heteroatoms. The fraction of sp³-hybridized carbons (Fsp3) is 0.533. The molecule has 0 saturated carbocycles. The fourth-order valence-electron chi connectivity index (χ4n) is 2.32. The number of nitrogens with one attached hydrogen (secondary N) is 1. The first-order valence-electron chi connectivity index (χ1n) is 7.06. The van der Waals surface area contributed by atoms with Crippen molar-refractivity contribution in [1.29, 1.82) is 0 Å². The molecule has 1 aromatic rings. The summed E-state index contributed by atoms with van der Waals surface area (Å²) >= 11 is 0. The zero-order chi connectivity index (χ0) is 14.5. The molecule has 0 spiro atoms. The van der Waals surface area contributed by atoms with Gasteiger partial charge in [0, 0.05) is 37.1 Å². The van der Waals surface area contributed by atoms with Gasteiger partial charge in [-0.25, -0.2) is 0 Å². The Balaban J connectivity index is 0.00000220. The first kappa shape index (κ1) is 17.6. The monoisotopic (exact) mass is 314 g/mol. The number of ether oxygens (including phenoxy) is 2. The predicted octanol–water partition coefficient (Wildman–Crippen LogP) is 1.80. The molecular weight excluding hydrogens is 292 g/mol. The van der Waals surface area contributed by atoms with Gasteiger partial charge in [0.1, 0.15) is 17.6 Å². The van der Waals surface area contributed by atoms with E-state index in [9.17, 15) is 4.79 Å². The highest BCUT2D eigenvalue weighted by Crippen LogP contribution is 2.35. The summed E-state index contributed by atoms with van der Waals surface area (Å²) in [7, 11) is 0. The summed E-state index contributed by atoms with van der Waals surface area (Å²) in [5, 5.41) is 2.85. The third kappa shape index (κ3) is 4.51. The average Bonchev–Trinajstić information content (AvgIpc) is 2.76. The first-order valence-corrected chi connectivity index (χ1v) is 7.06. The topological polar surface area (TPSA) is 73.6 Å². The van der Waals surface area contributed by atoms with Crippen molar-refractivity contribution in [3.63, 3.8) is 0 Å². The Morgan fingerprint density at radius 1 is 1.52 bits per heavy atom. The van der Waals surface area contributed by atoms with Gasteiger partial charge in [0.05, 0.1) is 6.61 Å². The van der Waals surface area contributed by atoms with Crippen LogP contribution in [0.4, 0.5) is 0 Å². The Labute approximate surface area is 131 Å². The third-order valence-electron chi connectivity index (χ3n) is 3.23. The van der Waals surface area contributed by atoms with Gasteiger partial charge in [-0.2, -0.15) is 0 Å². The number of rotatable bonds is 6. The Morgan fingerprint density at radius 3 is 2.95 bits per heavy atom. The number of benzene rings is 1. The lowest BCUT2D eigenvalue weighted by atomic mass is 10.1. The molecular formula is C15H23ClN2O3. The highest BCUT2D eigenvalue weighted by atomic mass is 35.5. The van der Waals surface area contributed by atoms with E-state index in [1.165, 1.54) is 0 Å². The number of carbonyl (C=O) groups is 1. The molecule has 2 rings (SSSR count). The molecule has 1 atom stereocenters. The summed E-state index contributed by atoms with van der Waals surface area (Å²) in [4.78, 5) is 11.5. The molecule has 0 saturated heterocycles. The van der Waals surface area contributed by atoms with E-state index in [-0.39, 0.29) is 24.4 Å². The Morgan fingerprint density at radius 2 is 2.29 bits per heavy atom. The van der Waals surface area contributed by atoms with Gasteiger partial charge < -0.3 is 20.5 Å². The van der Waals surface area contributed by atoms with Crippen LogP contribution in [0, 0.1) is 0 Å². The van der Waals surface area contributed by atoms with Gasteiger partial charge in [0.2, 0.25) is 5.91 Å². The van der Waals surface area contributed by atoms with Crippen LogP contribution in [-0.2, 0) is 17.8 Å². The number of nitrogens with two attached hydrogens (primary N) is 1. The minimum atomic E-state index is -0.0512. The summed E-state index contributed by atoms with van der Waals surface area (Å²) in [5.74, 6) is 1.66. The quantitative estimate of drug-likeness (QED) is 0.839. The van der Waals surface area contributed by atoms with Gasteiger partial charge in [-0.3, -0.25) is 4.79 Å². The molecule has 3 N–H and O–H groups in total. The van der Waals surface area contributed by atoms with Crippen LogP contribution >= 0.6 is 12.4 Å². The second-order valence-corrected chi connectivity index (χ2v) is 4.95. The molecule has 0 aromatic heterocycles. The number of fused-ring (bicyclic) bond motifs is 1. The van der Waals surface area contributed by atoms with E-state index in [4.69, 9.17) is 15.2 Å². The van der Waals surface area contributed by atoms with Gasteiger partial charge in [-0.05, 0) is 26.0 Å². The second-order valence-electron chi connectivity index (χ2n) is 4.95. The summed E-state index contributed by atoms with van der Waals surface area (Å²) in [6.07, 6.45) is 1.43. The molecule has 118 valence electrons. The molecule has 0 aliphatic carbocycles. The average molecular weight is 315 g/mol. The van der Waals surface area contributed by atoms with Crippen molar-refractivity contribution in [3.05, 3.63) is 23.3 Å². The number of hydrogen-bond acceptors (Lipinski definition) is 4. The van der Waals surface area contributed by atoms with Crippen LogP contribution in [-0.4, -0.2) is 25.2 Å². The zero-order valence-electron chi connectivity index (χ0n) is 12.5. The fourth-order valence-corrected chi connectivity index (χ4v) is 2.32. The maximum absolute atomic E-state index is 11.5. The van der Waals surface area contributed by atoms with Crippen molar-refractivity contribution in [2.45, 2.75) is 39.3 Å². The van der Waals surface area contributed by atoms with E-state index >= 15 is 0 Å². The lowest BCUT2D eigenvalue weighted by molar-refractivity contribution is -0.121. The van der Waals surface area contributed by atoms with Crippen LogP contribution in [0.5, 0.6) is 11.5 Å². The van der Waals surface area contributed by atoms with Crippen LogP contribution in [0.1, 0.15) is 31.4 Å². The Bertz CT molecular complexity index is 494. The SMILES string of the molecule is CCOc1cc2c(cc1CNC(=O)CCN)OC(C)C2.Cl. The number of halogens is 1. The molecule has 5 nitrogen and oxygen atoms in total. The largest absolute Gasteiger partial charge is 0.494 e. The molecule has 1 aliphatic rings. The predicted molar refractivity (Wildman–Crippen MR) is 84.2 cm³/mol. The van der Waals surface area contributed by atoms with Crippen LogP contribution in [0.2, 0.25) is 0 Å². The third-order valence-corrected chi connectivity index (χ3v) is 3.23. The van der Waals surface area contributed by atoms with Crippen LogP contribution in [0.15, 0.2) is 12.1 Å². The normalized spacial score (nSPS) is 15.7. The molecule has 0 fully saturated rings. The first-order chi connectivity index (χ1) is 9.63. The Hall–Kier alpha value is -1.46. The maximum atomic E-state index is 11.5. The lowest BCUT2D eigenvalue weighted by Crippen LogP contribution is -2.25. The molecule has 1 amide bonds. The zero-order valence-corrected chi connectivity index (χ0v) is 13.3. The van der Waals surface area contributed by atoms with E-state index in [2.05, 4.69) is 5.32 Å². The van der Waals surface area contributed by atoms with Crippen molar-refractivity contribution in [2.75, 3.05) is 13.2 Å². The van der Waals surface area contributed by atoms with Gasteiger partial charge in [-0.1, -0.05) is 0 Å². The molecule has 1 heterocycles. The van der Waals surface area contributed by atoms with Gasteiger partial charge in [-0.15, -0.1) is 12.4 Å². The minimum absolute atomic E-state index is 0. The standard InChI is InChI=1S/C15H22N2O3.ClH/c1-3-19-13-7-11-6-10(2)20-14(11)8-12(13)9-17-15(18)4-5-16;/h7-8,10H,3-6,9,16H2,1-2H3,(H,17,18);1H. The van der Waals surface area contributed by atoms with E-state index in [0.29, 0.717) is 26.1 Å². The highest BCUT2D eigenvalue weighted by molar-refractivity contribution is 5.85. The van der Waals surface area contributed by atoms with Crippen LogP contribution in [0.3, 0.4) is 0 Å².